The van der Waals surface area contributed by atoms with Crippen molar-refractivity contribution in [2.24, 2.45) is 10.9 Å². The summed E-state index contributed by atoms with van der Waals surface area (Å²) in [4.78, 5) is 43.3. The van der Waals surface area contributed by atoms with Crippen LogP contribution in [0.2, 0.25) is 18.1 Å². The number of rotatable bonds is 11. The fourth-order valence-corrected chi connectivity index (χ4v) is 7.64. The third-order valence-corrected chi connectivity index (χ3v) is 14.2. The first kappa shape index (κ1) is 35.2. The van der Waals surface area contributed by atoms with E-state index in [-0.39, 0.29) is 48.6 Å². The van der Waals surface area contributed by atoms with Crippen molar-refractivity contribution >= 4 is 38.4 Å². The van der Waals surface area contributed by atoms with Crippen LogP contribution in [0, 0.1) is 5.92 Å². The van der Waals surface area contributed by atoms with Gasteiger partial charge in [0.25, 0.3) is 0 Å². The van der Waals surface area contributed by atoms with E-state index in [1.165, 1.54) is 0 Å². The molecule has 3 aromatic rings. The number of β-lactam (4-membered cyclic amide) rings is 1. The third kappa shape index (κ3) is 9.89. The summed E-state index contributed by atoms with van der Waals surface area (Å²) in [5, 5.41) is 5.06. The average Bonchev–Trinajstić information content (AvgIpc) is 3.05. The minimum absolute atomic E-state index is 0.00718. The highest BCUT2D eigenvalue weighted by atomic mass is 28.3. The summed E-state index contributed by atoms with van der Waals surface area (Å²) in [5.41, 5.74) is 2.73. The lowest BCUT2D eigenvalue weighted by Crippen LogP contribution is -2.72. The molecule has 0 spiro atoms. The first-order valence-electron chi connectivity index (χ1n) is 16.0. The van der Waals surface area contributed by atoms with Crippen molar-refractivity contribution in [2.75, 3.05) is 6.54 Å². The van der Waals surface area contributed by atoms with E-state index in [2.05, 4.69) is 78.3 Å². The van der Waals surface area contributed by atoms with Gasteiger partial charge in [-0.2, -0.15) is 0 Å². The molecule has 9 nitrogen and oxygen atoms in total. The fraction of sp³-hybridized carbons (Fsp3) is 0.351. The molecule has 0 bridgehead atoms. The maximum atomic E-state index is 13.6. The molecule has 4 rings (SSSR count). The Kier molecular flexibility index (Phi) is 12.1. The average molecular weight is 655 g/mol. The Morgan fingerprint density at radius 1 is 0.830 bits per heavy atom. The number of benzene rings is 3. The van der Waals surface area contributed by atoms with Crippen molar-refractivity contribution in [1.29, 1.82) is 0 Å². The van der Waals surface area contributed by atoms with E-state index in [4.69, 9.17) is 9.47 Å². The molecule has 0 aliphatic carbocycles. The molecule has 1 fully saturated rings. The van der Waals surface area contributed by atoms with Gasteiger partial charge in [-0.05, 0) is 34.6 Å². The van der Waals surface area contributed by atoms with Gasteiger partial charge in [0.15, 0.2) is 8.24 Å². The molecule has 10 heteroatoms. The van der Waals surface area contributed by atoms with Gasteiger partial charge in [0.05, 0.1) is 12.0 Å². The van der Waals surface area contributed by atoms with Crippen molar-refractivity contribution < 1.29 is 23.9 Å². The predicted octanol–water partition coefficient (Wildman–Crippen LogP) is 7.52. The second kappa shape index (κ2) is 16.2. The number of carbonyl (C=O) groups is 3. The molecule has 0 saturated carbocycles. The van der Waals surface area contributed by atoms with Crippen molar-refractivity contribution in [3.63, 3.8) is 0 Å². The van der Waals surface area contributed by atoms with Crippen LogP contribution in [-0.2, 0) is 27.5 Å². The minimum Gasteiger partial charge on any atom is -0.444 e. The molecular formula is C37H46N4O5Si. The number of carbonyl (C=O) groups excluding carboxylic acids is 3. The second-order valence-corrected chi connectivity index (χ2v) is 18.2. The molecule has 0 aromatic heterocycles. The SMILES string of the molecule is CC(C)(C)[Si](C)(C)N1C(=O)[C@@H](CCCN=C(NC(=O)OCc2ccccc2)NC(=O)OCc2ccccc2)[C@@H]1C=Cc1ccccc1. The zero-order valence-electron chi connectivity index (χ0n) is 27.9. The summed E-state index contributed by atoms with van der Waals surface area (Å²) in [7, 11) is -2.11. The van der Waals surface area contributed by atoms with Crippen molar-refractivity contribution in [3.05, 3.63) is 114 Å². The molecule has 2 N–H and O–H groups in total. The fourth-order valence-electron chi connectivity index (χ4n) is 5.19. The van der Waals surface area contributed by atoms with Crippen LogP contribution in [0.5, 0.6) is 0 Å². The van der Waals surface area contributed by atoms with Gasteiger partial charge in [-0.15, -0.1) is 0 Å². The monoisotopic (exact) mass is 654 g/mol. The van der Waals surface area contributed by atoms with Crippen LogP contribution >= 0.6 is 0 Å². The number of ether oxygens (including phenoxy) is 2. The van der Waals surface area contributed by atoms with Gasteiger partial charge in [0, 0.05) is 6.54 Å². The molecule has 0 radical (unpaired) electrons. The number of nitrogens with zero attached hydrogens (tertiary/aromatic N) is 2. The van der Waals surface area contributed by atoms with E-state index >= 15 is 0 Å². The molecular weight excluding hydrogens is 609 g/mol. The van der Waals surface area contributed by atoms with E-state index < -0.39 is 20.4 Å². The second-order valence-electron chi connectivity index (χ2n) is 13.1. The van der Waals surface area contributed by atoms with Gasteiger partial charge in [-0.25, -0.2) is 9.59 Å². The van der Waals surface area contributed by atoms with Crippen molar-refractivity contribution in [2.45, 2.75) is 71.0 Å². The number of guanidine groups is 1. The number of hydrogen-bond donors (Lipinski definition) is 2. The first-order chi connectivity index (χ1) is 22.5. The van der Waals surface area contributed by atoms with Gasteiger partial charge in [-0.1, -0.05) is 137 Å². The molecule has 1 aliphatic rings. The summed E-state index contributed by atoms with van der Waals surface area (Å²) in [6, 6.07) is 28.6. The molecule has 47 heavy (non-hydrogen) atoms. The highest BCUT2D eigenvalue weighted by Gasteiger charge is 2.55. The molecule has 3 amide bonds. The number of alkyl carbamates (subject to hydrolysis) is 2. The summed E-state index contributed by atoms with van der Waals surface area (Å²) < 4.78 is 12.8. The highest BCUT2D eigenvalue weighted by Crippen LogP contribution is 2.46. The molecule has 1 saturated heterocycles. The normalized spacial score (nSPS) is 16.3. The van der Waals surface area contributed by atoms with Crippen LogP contribution in [-0.4, -0.2) is 49.4 Å². The zero-order valence-corrected chi connectivity index (χ0v) is 28.9. The Bertz CT molecular complexity index is 1480. The summed E-state index contributed by atoms with van der Waals surface area (Å²) in [6.07, 6.45) is 3.91. The smallest absolute Gasteiger partial charge is 0.414 e. The molecule has 248 valence electrons. The predicted molar refractivity (Wildman–Crippen MR) is 188 cm³/mol. The summed E-state index contributed by atoms with van der Waals surface area (Å²) in [5.74, 6) is -0.0754. The van der Waals surface area contributed by atoms with Gasteiger partial charge in [0.1, 0.15) is 13.2 Å². The van der Waals surface area contributed by atoms with E-state index in [9.17, 15) is 14.4 Å². The number of aliphatic imine (C=N–C) groups is 1. The van der Waals surface area contributed by atoms with E-state index in [1.54, 1.807) is 0 Å². The third-order valence-electron chi connectivity index (χ3n) is 8.80. The number of nitrogens with one attached hydrogen (secondary N) is 2. The molecule has 1 aliphatic heterocycles. The topological polar surface area (TPSA) is 109 Å². The van der Waals surface area contributed by atoms with Gasteiger partial charge in [-0.3, -0.25) is 20.4 Å². The van der Waals surface area contributed by atoms with E-state index in [0.29, 0.717) is 12.8 Å². The van der Waals surface area contributed by atoms with Crippen molar-refractivity contribution in [1.82, 2.24) is 15.2 Å². The largest absolute Gasteiger partial charge is 0.444 e. The van der Waals surface area contributed by atoms with Crippen molar-refractivity contribution in [3.8, 4) is 0 Å². The molecule has 0 unspecified atom stereocenters. The van der Waals surface area contributed by atoms with Gasteiger partial charge >= 0.3 is 12.2 Å². The minimum atomic E-state index is -2.11. The van der Waals surface area contributed by atoms with Crippen LogP contribution in [0.3, 0.4) is 0 Å². The Labute approximate surface area is 279 Å². The Morgan fingerprint density at radius 3 is 1.81 bits per heavy atom. The number of hydrogen-bond acceptors (Lipinski definition) is 6. The van der Waals surface area contributed by atoms with Gasteiger partial charge < -0.3 is 14.0 Å². The molecule has 1 heterocycles. The lowest BCUT2D eigenvalue weighted by Gasteiger charge is -2.58. The van der Waals surface area contributed by atoms with Crippen LogP contribution in [0.1, 0.15) is 50.3 Å². The van der Waals surface area contributed by atoms with E-state index in [1.807, 2.05) is 78.9 Å². The van der Waals surface area contributed by atoms with Crippen LogP contribution in [0.4, 0.5) is 9.59 Å². The molecule has 3 aromatic carbocycles. The standard InChI is InChI=1S/C37H46N4O5Si/c1-37(2,3)47(4,5)41-32(24-23-28-16-9-6-10-17-28)31(33(41)42)22-15-25-38-34(39-35(43)45-26-29-18-11-7-12-19-29)40-36(44)46-27-30-20-13-8-14-21-30/h6-14,16-21,23-24,31-32H,15,22,25-27H2,1-5H3,(H2,38,39,40,43,44)/t31-,32-/m0/s1. The van der Waals surface area contributed by atoms with Crippen LogP contribution < -0.4 is 10.6 Å². The van der Waals surface area contributed by atoms with Crippen LogP contribution in [0.25, 0.3) is 6.08 Å². The Morgan fingerprint density at radius 2 is 1.32 bits per heavy atom. The first-order valence-corrected chi connectivity index (χ1v) is 19.0. The highest BCUT2D eigenvalue weighted by molar-refractivity contribution is 6.80. The zero-order chi connectivity index (χ0) is 33.9. The summed E-state index contributed by atoms with van der Waals surface area (Å²) in [6.45, 7) is 11.5. The summed E-state index contributed by atoms with van der Waals surface area (Å²) >= 11 is 0. The Hall–Kier alpha value is -4.70. The lowest BCUT2D eigenvalue weighted by molar-refractivity contribution is -0.145. The number of amides is 3. The quantitative estimate of drug-likeness (QED) is 0.0731. The van der Waals surface area contributed by atoms with E-state index in [0.717, 1.165) is 16.7 Å². The molecule has 2 atom stereocenters. The van der Waals surface area contributed by atoms with Gasteiger partial charge in [0.2, 0.25) is 11.9 Å². The lowest BCUT2D eigenvalue weighted by atomic mass is 9.85. The Balaban J connectivity index is 1.41. The van der Waals surface area contributed by atoms with Crippen LogP contribution in [0.15, 0.2) is 102 Å². The maximum absolute atomic E-state index is 13.6. The maximum Gasteiger partial charge on any atom is 0.414 e.